The molecule has 15 heavy (non-hydrogen) atoms. The Labute approximate surface area is 90.7 Å². The van der Waals surface area contributed by atoms with Crippen molar-refractivity contribution in [1.29, 1.82) is 0 Å². The van der Waals surface area contributed by atoms with E-state index >= 15 is 0 Å². The maximum atomic E-state index is 10.9. The zero-order valence-electron chi connectivity index (χ0n) is 9.49. The Kier molecular flexibility index (Phi) is 9.40. The lowest BCUT2D eigenvalue weighted by Crippen LogP contribution is -2.36. The second-order valence-corrected chi connectivity index (χ2v) is 3.14. The van der Waals surface area contributed by atoms with Crippen molar-refractivity contribution >= 4 is 5.91 Å². The Morgan fingerprint density at radius 1 is 1.20 bits per heavy atom. The quantitative estimate of drug-likeness (QED) is 0.294. The van der Waals surface area contributed by atoms with Crippen LogP contribution < -0.4 is 11.3 Å². The van der Waals surface area contributed by atoms with Crippen molar-refractivity contribution in [2.45, 2.75) is 6.42 Å². The summed E-state index contributed by atoms with van der Waals surface area (Å²) in [6, 6.07) is 0. The fourth-order valence-corrected chi connectivity index (χ4v) is 1.11. The van der Waals surface area contributed by atoms with E-state index in [1.54, 1.807) is 14.2 Å². The summed E-state index contributed by atoms with van der Waals surface area (Å²) in [5.74, 6) is 4.83. The maximum absolute atomic E-state index is 10.9. The third-order valence-electron chi connectivity index (χ3n) is 2.04. The van der Waals surface area contributed by atoms with Crippen molar-refractivity contribution in [2.75, 3.05) is 47.1 Å². The van der Waals surface area contributed by atoms with Crippen LogP contribution in [0.15, 0.2) is 0 Å². The van der Waals surface area contributed by atoms with E-state index < -0.39 is 0 Å². The standard InChI is InChI=1S/C9H21N3O3/c1-14-7-5-12(6-8-15-2)4-3-9(13)11-10/h3-8,10H2,1-2H3,(H,11,13). The molecule has 0 bridgehead atoms. The molecule has 90 valence electrons. The molecule has 0 fully saturated rings. The Morgan fingerprint density at radius 3 is 2.13 bits per heavy atom. The van der Waals surface area contributed by atoms with E-state index in [0.717, 1.165) is 13.1 Å². The van der Waals surface area contributed by atoms with Gasteiger partial charge in [0.15, 0.2) is 0 Å². The van der Waals surface area contributed by atoms with E-state index in [9.17, 15) is 4.79 Å². The number of carbonyl (C=O) groups is 1. The van der Waals surface area contributed by atoms with Gasteiger partial charge in [-0.3, -0.25) is 15.1 Å². The minimum Gasteiger partial charge on any atom is -0.383 e. The van der Waals surface area contributed by atoms with Crippen LogP contribution in [-0.2, 0) is 14.3 Å². The zero-order chi connectivity index (χ0) is 11.5. The number of methoxy groups -OCH3 is 2. The first-order valence-corrected chi connectivity index (χ1v) is 4.94. The highest BCUT2D eigenvalue weighted by Crippen LogP contribution is 1.92. The minimum atomic E-state index is -0.158. The average Bonchev–Trinajstić information content (AvgIpc) is 2.27. The molecule has 1 amide bonds. The van der Waals surface area contributed by atoms with E-state index in [1.807, 2.05) is 0 Å². The Hall–Kier alpha value is -0.690. The summed E-state index contributed by atoms with van der Waals surface area (Å²) in [5, 5.41) is 0. The molecule has 0 saturated heterocycles. The maximum Gasteiger partial charge on any atom is 0.235 e. The third kappa shape index (κ3) is 8.31. The monoisotopic (exact) mass is 219 g/mol. The van der Waals surface area contributed by atoms with Crippen LogP contribution in [0, 0.1) is 0 Å². The molecule has 0 aliphatic heterocycles. The minimum absolute atomic E-state index is 0.158. The average molecular weight is 219 g/mol. The van der Waals surface area contributed by atoms with Crippen LogP contribution in [0.5, 0.6) is 0 Å². The van der Waals surface area contributed by atoms with Gasteiger partial charge in [-0.25, -0.2) is 5.84 Å². The van der Waals surface area contributed by atoms with Crippen molar-refractivity contribution in [3.8, 4) is 0 Å². The predicted octanol–water partition coefficient (Wildman–Crippen LogP) is -1.04. The molecule has 0 heterocycles. The summed E-state index contributed by atoms with van der Waals surface area (Å²) >= 11 is 0. The first-order valence-electron chi connectivity index (χ1n) is 4.94. The number of rotatable bonds is 9. The topological polar surface area (TPSA) is 76.8 Å². The number of nitrogens with zero attached hydrogens (tertiary/aromatic N) is 1. The van der Waals surface area contributed by atoms with Gasteiger partial charge in [-0.2, -0.15) is 0 Å². The van der Waals surface area contributed by atoms with Gasteiger partial charge < -0.3 is 9.47 Å². The highest BCUT2D eigenvalue weighted by atomic mass is 16.5. The zero-order valence-corrected chi connectivity index (χ0v) is 9.49. The number of ether oxygens (including phenoxy) is 2. The van der Waals surface area contributed by atoms with Crippen LogP contribution in [0.3, 0.4) is 0 Å². The van der Waals surface area contributed by atoms with Crippen LogP contribution in [-0.4, -0.2) is 57.9 Å². The van der Waals surface area contributed by atoms with E-state index in [-0.39, 0.29) is 5.91 Å². The smallest absolute Gasteiger partial charge is 0.235 e. The first-order chi connectivity index (χ1) is 7.24. The SMILES string of the molecule is COCCN(CCOC)CCC(=O)NN. The molecule has 0 rings (SSSR count). The molecular formula is C9H21N3O3. The number of carbonyl (C=O) groups excluding carboxylic acids is 1. The summed E-state index contributed by atoms with van der Waals surface area (Å²) in [7, 11) is 3.31. The number of amides is 1. The molecule has 0 atom stereocenters. The third-order valence-corrected chi connectivity index (χ3v) is 2.04. The van der Waals surface area contributed by atoms with E-state index in [1.165, 1.54) is 0 Å². The second kappa shape index (κ2) is 9.85. The van der Waals surface area contributed by atoms with Crippen molar-refractivity contribution in [3.05, 3.63) is 0 Å². The van der Waals surface area contributed by atoms with Crippen molar-refractivity contribution < 1.29 is 14.3 Å². The van der Waals surface area contributed by atoms with Crippen molar-refractivity contribution in [3.63, 3.8) is 0 Å². The second-order valence-electron chi connectivity index (χ2n) is 3.14. The van der Waals surface area contributed by atoms with Gasteiger partial charge in [0, 0.05) is 40.3 Å². The van der Waals surface area contributed by atoms with Crippen LogP contribution in [0.1, 0.15) is 6.42 Å². The lowest BCUT2D eigenvalue weighted by molar-refractivity contribution is -0.121. The van der Waals surface area contributed by atoms with Crippen LogP contribution in [0.2, 0.25) is 0 Å². The summed E-state index contributed by atoms with van der Waals surface area (Å²) in [4.78, 5) is 13.0. The van der Waals surface area contributed by atoms with E-state index in [4.69, 9.17) is 15.3 Å². The summed E-state index contributed by atoms with van der Waals surface area (Å²) in [6.45, 7) is 3.53. The molecule has 6 heteroatoms. The molecule has 0 radical (unpaired) electrons. The number of hydrogen-bond acceptors (Lipinski definition) is 5. The van der Waals surface area contributed by atoms with E-state index in [2.05, 4.69) is 10.3 Å². The molecule has 0 aliphatic rings. The van der Waals surface area contributed by atoms with Gasteiger partial charge in [-0.1, -0.05) is 0 Å². The van der Waals surface area contributed by atoms with Gasteiger partial charge in [-0.05, 0) is 0 Å². The van der Waals surface area contributed by atoms with E-state index in [0.29, 0.717) is 26.2 Å². The Balaban J connectivity index is 3.72. The fourth-order valence-electron chi connectivity index (χ4n) is 1.11. The van der Waals surface area contributed by atoms with Gasteiger partial charge >= 0.3 is 0 Å². The molecule has 0 saturated carbocycles. The van der Waals surface area contributed by atoms with Gasteiger partial charge in [0.1, 0.15) is 0 Å². The molecule has 3 N–H and O–H groups in total. The van der Waals surface area contributed by atoms with Gasteiger partial charge in [0.25, 0.3) is 0 Å². The Bertz CT molecular complexity index is 159. The number of hydrazine groups is 1. The highest BCUT2D eigenvalue weighted by molar-refractivity contribution is 5.75. The summed E-state index contributed by atoms with van der Waals surface area (Å²) in [5.41, 5.74) is 2.10. The molecule has 0 spiro atoms. The predicted molar refractivity (Wildman–Crippen MR) is 57.1 cm³/mol. The largest absolute Gasteiger partial charge is 0.383 e. The molecule has 0 aromatic rings. The highest BCUT2D eigenvalue weighted by Gasteiger charge is 2.06. The fraction of sp³-hybridized carbons (Fsp3) is 0.889. The van der Waals surface area contributed by atoms with Crippen LogP contribution in [0.4, 0.5) is 0 Å². The van der Waals surface area contributed by atoms with Gasteiger partial charge in [0.05, 0.1) is 13.2 Å². The molecular weight excluding hydrogens is 198 g/mol. The van der Waals surface area contributed by atoms with Crippen LogP contribution >= 0.6 is 0 Å². The Morgan fingerprint density at radius 2 is 1.73 bits per heavy atom. The normalized spacial score (nSPS) is 10.7. The molecule has 0 unspecified atom stereocenters. The summed E-state index contributed by atoms with van der Waals surface area (Å²) < 4.78 is 9.96. The molecule has 0 aliphatic carbocycles. The lowest BCUT2D eigenvalue weighted by atomic mass is 10.3. The molecule has 0 aromatic heterocycles. The lowest BCUT2D eigenvalue weighted by Gasteiger charge is -2.20. The van der Waals surface area contributed by atoms with Gasteiger partial charge in [-0.15, -0.1) is 0 Å². The van der Waals surface area contributed by atoms with Gasteiger partial charge in [0.2, 0.25) is 5.91 Å². The number of nitrogens with one attached hydrogen (secondary N) is 1. The number of nitrogens with two attached hydrogens (primary N) is 1. The summed E-state index contributed by atoms with van der Waals surface area (Å²) in [6.07, 6.45) is 0.393. The van der Waals surface area contributed by atoms with Crippen LogP contribution in [0.25, 0.3) is 0 Å². The molecule has 0 aromatic carbocycles. The number of hydrogen-bond donors (Lipinski definition) is 2. The molecule has 6 nitrogen and oxygen atoms in total. The van der Waals surface area contributed by atoms with Crippen molar-refractivity contribution in [1.82, 2.24) is 10.3 Å². The first kappa shape index (κ1) is 14.3. The van der Waals surface area contributed by atoms with Crippen molar-refractivity contribution in [2.24, 2.45) is 5.84 Å².